The smallest absolute Gasteiger partial charge is 0.265 e. The van der Waals surface area contributed by atoms with Crippen molar-refractivity contribution in [2.75, 3.05) is 7.11 Å². The van der Waals surface area contributed by atoms with Gasteiger partial charge in [0, 0.05) is 6.42 Å². The van der Waals surface area contributed by atoms with E-state index in [1.54, 1.807) is 19.2 Å². The highest BCUT2D eigenvalue weighted by Crippen LogP contribution is 2.42. The molecule has 0 aliphatic heterocycles. The number of ether oxygens (including phenoxy) is 1. The average molecular weight is 392 g/mol. The summed E-state index contributed by atoms with van der Waals surface area (Å²) in [6.07, 6.45) is 0.710. The van der Waals surface area contributed by atoms with E-state index in [0.717, 1.165) is 11.3 Å². The average Bonchev–Trinajstić information content (AvgIpc) is 2.99. The van der Waals surface area contributed by atoms with Crippen molar-refractivity contribution in [3.05, 3.63) is 52.0 Å². The minimum Gasteiger partial charge on any atom is -0.497 e. The Labute approximate surface area is 159 Å². The molecule has 0 atom stereocenters. The zero-order valence-corrected chi connectivity index (χ0v) is 15.3. The fourth-order valence-electron chi connectivity index (χ4n) is 2.50. The molecule has 0 fully saturated rings. The van der Waals surface area contributed by atoms with Crippen LogP contribution < -0.4 is 4.74 Å². The number of hydrogen-bond acceptors (Lipinski definition) is 4. The third-order valence-electron chi connectivity index (χ3n) is 3.86. The minimum absolute atomic E-state index is 0.0882. The number of methoxy groups -OCH3 is 1. The molecule has 26 heavy (non-hydrogen) atoms. The predicted molar refractivity (Wildman–Crippen MR) is 101 cm³/mol. The first kappa shape index (κ1) is 18.2. The summed E-state index contributed by atoms with van der Waals surface area (Å²) in [5, 5.41) is 18.7. The number of amides is 1. The fourth-order valence-corrected chi connectivity index (χ4v) is 2.95. The lowest BCUT2D eigenvalue weighted by Crippen LogP contribution is -1.95. The first-order valence-electron chi connectivity index (χ1n) is 7.75. The highest BCUT2D eigenvalue weighted by molar-refractivity contribution is 6.41. The zero-order chi connectivity index (χ0) is 18.7. The molecule has 2 aromatic carbocycles. The van der Waals surface area contributed by atoms with Gasteiger partial charge in [-0.3, -0.25) is 4.79 Å². The van der Waals surface area contributed by atoms with Crippen LogP contribution in [0.4, 0.5) is 5.69 Å². The summed E-state index contributed by atoms with van der Waals surface area (Å²) in [4.78, 5) is 14.7. The number of nitrogens with zero attached hydrogens (tertiary/aromatic N) is 2. The molecule has 0 spiro atoms. The number of azo groups is 1. The molecular formula is C18H15Cl2N3O3. The van der Waals surface area contributed by atoms with E-state index in [1.807, 2.05) is 24.3 Å². The lowest BCUT2D eigenvalue weighted by Gasteiger charge is -2.01. The number of H-pyrrole nitrogens is 1. The van der Waals surface area contributed by atoms with Gasteiger partial charge in [-0.25, -0.2) is 0 Å². The third kappa shape index (κ3) is 3.81. The van der Waals surface area contributed by atoms with Crippen LogP contribution in [0.5, 0.6) is 11.6 Å². The normalized spacial score (nSPS) is 11.3. The van der Waals surface area contributed by atoms with Gasteiger partial charge in [0.2, 0.25) is 5.88 Å². The molecule has 134 valence electrons. The number of aryl methyl sites for hydroxylation is 1. The van der Waals surface area contributed by atoms with Gasteiger partial charge < -0.3 is 14.8 Å². The molecule has 0 aliphatic carbocycles. The standard InChI is InChI=1S/C18H15Cl2N3O3/c1-26-11-5-2-10(3-6-11)4-9-14(24)22-23-17-15-12(19)7-8-13(20)16(15)21-18(17)25/h2-3,5-8,21,25H,4,9H2,1H3. The van der Waals surface area contributed by atoms with Gasteiger partial charge in [0.15, 0.2) is 5.69 Å². The molecule has 0 radical (unpaired) electrons. The molecule has 0 bridgehead atoms. The Balaban J connectivity index is 1.73. The van der Waals surface area contributed by atoms with Crippen molar-refractivity contribution in [1.29, 1.82) is 0 Å². The van der Waals surface area contributed by atoms with Gasteiger partial charge in [0.1, 0.15) is 5.75 Å². The quantitative estimate of drug-likeness (QED) is 0.568. The maximum absolute atomic E-state index is 12.0. The second-order valence-electron chi connectivity index (χ2n) is 5.54. The summed E-state index contributed by atoms with van der Waals surface area (Å²) >= 11 is 12.2. The van der Waals surface area contributed by atoms with Crippen LogP contribution in [0.15, 0.2) is 46.6 Å². The number of carbonyl (C=O) groups is 1. The molecule has 1 heterocycles. The molecular weight excluding hydrogens is 377 g/mol. The van der Waals surface area contributed by atoms with Crippen LogP contribution >= 0.6 is 23.2 Å². The van der Waals surface area contributed by atoms with E-state index in [-0.39, 0.29) is 18.0 Å². The van der Waals surface area contributed by atoms with E-state index >= 15 is 0 Å². The lowest BCUT2D eigenvalue weighted by molar-refractivity contribution is -0.118. The Bertz CT molecular complexity index is 982. The summed E-state index contributed by atoms with van der Waals surface area (Å²) in [6.45, 7) is 0. The van der Waals surface area contributed by atoms with Gasteiger partial charge in [-0.15, -0.1) is 10.2 Å². The largest absolute Gasteiger partial charge is 0.497 e. The Hall–Kier alpha value is -2.57. The third-order valence-corrected chi connectivity index (χ3v) is 4.49. The zero-order valence-electron chi connectivity index (χ0n) is 13.8. The summed E-state index contributed by atoms with van der Waals surface area (Å²) in [5.74, 6) is 0.0968. The van der Waals surface area contributed by atoms with E-state index in [1.165, 1.54) is 0 Å². The topological polar surface area (TPSA) is 87.0 Å². The summed E-state index contributed by atoms with van der Waals surface area (Å²) in [6, 6.07) is 10.6. The molecule has 0 saturated heterocycles. The van der Waals surface area contributed by atoms with Crippen molar-refractivity contribution >= 4 is 45.7 Å². The SMILES string of the molecule is COc1ccc(CCC(=O)N=Nc2c(O)[nH]c3c(Cl)ccc(Cl)c23)cc1. The van der Waals surface area contributed by atoms with Gasteiger partial charge in [-0.05, 0) is 36.2 Å². The Morgan fingerprint density at radius 1 is 1.15 bits per heavy atom. The maximum atomic E-state index is 12.0. The Morgan fingerprint density at radius 3 is 2.54 bits per heavy atom. The van der Waals surface area contributed by atoms with E-state index in [4.69, 9.17) is 27.9 Å². The van der Waals surface area contributed by atoms with Crippen LogP contribution in [-0.2, 0) is 11.2 Å². The number of hydrogen-bond donors (Lipinski definition) is 2. The number of benzene rings is 2. The van der Waals surface area contributed by atoms with Gasteiger partial charge in [0.25, 0.3) is 5.91 Å². The molecule has 0 unspecified atom stereocenters. The predicted octanol–water partition coefficient (Wildman–Crippen LogP) is 5.43. The number of nitrogens with one attached hydrogen (secondary N) is 1. The van der Waals surface area contributed by atoms with Crippen molar-refractivity contribution in [2.24, 2.45) is 10.2 Å². The van der Waals surface area contributed by atoms with Gasteiger partial charge >= 0.3 is 0 Å². The second-order valence-corrected chi connectivity index (χ2v) is 6.36. The Morgan fingerprint density at radius 2 is 1.85 bits per heavy atom. The van der Waals surface area contributed by atoms with Crippen molar-refractivity contribution in [3.63, 3.8) is 0 Å². The maximum Gasteiger partial charge on any atom is 0.265 e. The second kappa shape index (κ2) is 7.76. The molecule has 2 N–H and O–H groups in total. The Kier molecular flexibility index (Phi) is 5.44. The molecule has 3 aromatic rings. The number of aromatic hydroxyl groups is 1. The molecule has 3 rings (SSSR count). The first-order valence-corrected chi connectivity index (χ1v) is 8.51. The van der Waals surface area contributed by atoms with Crippen molar-refractivity contribution < 1.29 is 14.6 Å². The number of fused-ring (bicyclic) bond motifs is 1. The molecule has 1 amide bonds. The highest BCUT2D eigenvalue weighted by Gasteiger charge is 2.16. The lowest BCUT2D eigenvalue weighted by atomic mass is 10.1. The van der Waals surface area contributed by atoms with Gasteiger partial charge in [-0.2, -0.15) is 0 Å². The number of aromatic amines is 1. The van der Waals surface area contributed by atoms with E-state index in [2.05, 4.69) is 15.2 Å². The van der Waals surface area contributed by atoms with E-state index < -0.39 is 5.91 Å². The number of rotatable bonds is 5. The van der Waals surface area contributed by atoms with Crippen molar-refractivity contribution in [3.8, 4) is 11.6 Å². The number of carbonyl (C=O) groups excluding carboxylic acids is 1. The van der Waals surface area contributed by atoms with Crippen molar-refractivity contribution in [1.82, 2.24) is 4.98 Å². The van der Waals surface area contributed by atoms with Gasteiger partial charge in [0.05, 0.1) is 28.1 Å². The first-order chi connectivity index (χ1) is 12.5. The summed E-state index contributed by atoms with van der Waals surface area (Å²) in [5.41, 5.74) is 1.51. The van der Waals surface area contributed by atoms with E-state index in [9.17, 15) is 9.90 Å². The highest BCUT2D eigenvalue weighted by atomic mass is 35.5. The van der Waals surface area contributed by atoms with Crippen LogP contribution in [0, 0.1) is 0 Å². The van der Waals surface area contributed by atoms with Crippen molar-refractivity contribution in [2.45, 2.75) is 12.8 Å². The summed E-state index contributed by atoms with van der Waals surface area (Å²) < 4.78 is 5.09. The van der Waals surface area contributed by atoms with Crippen LogP contribution in [0.2, 0.25) is 10.0 Å². The molecule has 0 saturated carbocycles. The van der Waals surface area contributed by atoms with Crippen LogP contribution in [0.1, 0.15) is 12.0 Å². The molecule has 6 nitrogen and oxygen atoms in total. The number of halogens is 2. The monoisotopic (exact) mass is 391 g/mol. The van der Waals surface area contributed by atoms with Crippen LogP contribution in [-0.4, -0.2) is 23.1 Å². The molecule has 8 heteroatoms. The van der Waals surface area contributed by atoms with Crippen LogP contribution in [0.25, 0.3) is 10.9 Å². The molecule has 0 aliphatic rings. The fraction of sp³-hybridized carbons (Fsp3) is 0.167. The summed E-state index contributed by atoms with van der Waals surface area (Å²) in [7, 11) is 1.60. The minimum atomic E-state index is -0.410. The molecule has 1 aromatic heterocycles. The van der Waals surface area contributed by atoms with Gasteiger partial charge in [-0.1, -0.05) is 35.3 Å². The van der Waals surface area contributed by atoms with E-state index in [0.29, 0.717) is 27.4 Å². The number of aromatic nitrogens is 1. The van der Waals surface area contributed by atoms with Crippen LogP contribution in [0.3, 0.4) is 0 Å².